The van der Waals surface area contributed by atoms with Gasteiger partial charge in [-0.25, -0.2) is 9.97 Å². The second kappa shape index (κ2) is 11.6. The minimum absolute atomic E-state index is 0.629. The molecule has 0 fully saturated rings. The summed E-state index contributed by atoms with van der Waals surface area (Å²) < 4.78 is 15.7. The van der Waals surface area contributed by atoms with Crippen LogP contribution < -0.4 is 0 Å². The van der Waals surface area contributed by atoms with E-state index >= 15 is 0 Å². The van der Waals surface area contributed by atoms with Crippen molar-refractivity contribution in [1.29, 1.82) is 0 Å². The van der Waals surface area contributed by atoms with Crippen LogP contribution in [0, 0.1) is 0 Å². The van der Waals surface area contributed by atoms with Crippen molar-refractivity contribution >= 4 is 87.7 Å². The van der Waals surface area contributed by atoms with Gasteiger partial charge >= 0.3 is 0 Å². The second-order valence-electron chi connectivity index (χ2n) is 14.4. The highest BCUT2D eigenvalue weighted by molar-refractivity contribution is 6.24. The maximum Gasteiger partial charge on any atom is 0.235 e. The highest BCUT2D eigenvalue weighted by atomic mass is 16.3. The molecule has 1 aliphatic rings. The summed E-state index contributed by atoms with van der Waals surface area (Å²) in [5.41, 5.74) is 13.2. The van der Waals surface area contributed by atoms with Gasteiger partial charge in [-0.15, -0.1) is 0 Å². The van der Waals surface area contributed by atoms with Gasteiger partial charge in [-0.2, -0.15) is 0 Å². The molecule has 0 aliphatic heterocycles. The van der Waals surface area contributed by atoms with E-state index in [9.17, 15) is 0 Å². The number of hydrogen-bond acceptors (Lipinski definition) is 4. The molecule has 5 heteroatoms. The van der Waals surface area contributed by atoms with Crippen LogP contribution in [0.25, 0.3) is 105 Å². The second-order valence-corrected chi connectivity index (χ2v) is 14.4. The summed E-state index contributed by atoms with van der Waals surface area (Å²) in [5.74, 6) is 0.629. The average Bonchev–Trinajstić information content (AvgIpc) is 3.93. The van der Waals surface area contributed by atoms with Crippen molar-refractivity contribution in [2.45, 2.75) is 12.8 Å². The third-order valence-electron chi connectivity index (χ3n) is 11.3. The van der Waals surface area contributed by atoms with Crippen molar-refractivity contribution in [1.82, 2.24) is 14.5 Å². The Morgan fingerprint density at radius 1 is 0.491 bits per heavy atom. The lowest BCUT2D eigenvalue weighted by atomic mass is 9.89. The molecule has 258 valence electrons. The highest BCUT2D eigenvalue weighted by Crippen LogP contribution is 2.44. The zero-order chi connectivity index (χ0) is 36.0. The molecule has 55 heavy (non-hydrogen) atoms. The first-order valence-corrected chi connectivity index (χ1v) is 18.8. The van der Waals surface area contributed by atoms with Gasteiger partial charge in [-0.1, -0.05) is 133 Å². The summed E-state index contributed by atoms with van der Waals surface area (Å²) in [6.45, 7) is 0. The summed E-state index contributed by atoms with van der Waals surface area (Å²) in [6.07, 6.45) is 6.55. The largest absolute Gasteiger partial charge is 0.455 e. The fourth-order valence-corrected chi connectivity index (χ4v) is 8.83. The van der Waals surface area contributed by atoms with Crippen molar-refractivity contribution in [2.75, 3.05) is 0 Å². The Morgan fingerprint density at radius 3 is 2.07 bits per heavy atom. The third-order valence-corrected chi connectivity index (χ3v) is 11.3. The maximum atomic E-state index is 7.08. The Bertz CT molecular complexity index is 3430. The quantitative estimate of drug-likeness (QED) is 0.183. The molecule has 1 aliphatic carbocycles. The lowest BCUT2D eigenvalue weighted by Gasteiger charge is -2.15. The van der Waals surface area contributed by atoms with Crippen molar-refractivity contribution in [3.05, 3.63) is 175 Å². The van der Waals surface area contributed by atoms with Crippen LogP contribution in [0.1, 0.15) is 24.0 Å². The van der Waals surface area contributed by atoms with Crippen molar-refractivity contribution in [3.8, 4) is 17.2 Å². The van der Waals surface area contributed by atoms with Crippen LogP contribution >= 0.6 is 0 Å². The fourth-order valence-electron chi connectivity index (χ4n) is 8.83. The minimum atomic E-state index is 0.629. The molecule has 7 aromatic carbocycles. The molecule has 0 saturated carbocycles. The number of furan rings is 2. The molecule has 0 radical (unpaired) electrons. The van der Waals surface area contributed by atoms with E-state index in [1.165, 1.54) is 5.57 Å². The molecular weight excluding hydrogens is 675 g/mol. The van der Waals surface area contributed by atoms with E-state index in [2.05, 4.69) is 138 Å². The summed E-state index contributed by atoms with van der Waals surface area (Å²) in [6, 6.07) is 52.8. The van der Waals surface area contributed by atoms with Gasteiger partial charge in [-0.05, 0) is 54.3 Å². The summed E-state index contributed by atoms with van der Waals surface area (Å²) >= 11 is 0. The average molecular weight is 706 g/mol. The third kappa shape index (κ3) is 4.47. The van der Waals surface area contributed by atoms with Gasteiger partial charge in [0.05, 0.1) is 27.6 Å². The van der Waals surface area contributed by atoms with E-state index in [4.69, 9.17) is 18.8 Å². The van der Waals surface area contributed by atoms with Crippen LogP contribution in [-0.4, -0.2) is 14.5 Å². The van der Waals surface area contributed by atoms with Crippen LogP contribution in [0.3, 0.4) is 0 Å². The first-order chi connectivity index (χ1) is 27.3. The van der Waals surface area contributed by atoms with E-state index in [0.717, 1.165) is 117 Å². The van der Waals surface area contributed by atoms with Gasteiger partial charge in [0, 0.05) is 49.0 Å². The normalized spacial score (nSPS) is 13.5. The number of nitrogens with zero attached hydrogens (tertiary/aromatic N) is 3. The molecule has 5 nitrogen and oxygen atoms in total. The zero-order valence-electron chi connectivity index (χ0n) is 29.7. The Labute approximate surface area is 315 Å². The van der Waals surface area contributed by atoms with Crippen LogP contribution in [-0.2, 0) is 0 Å². The van der Waals surface area contributed by atoms with Gasteiger partial charge in [0.25, 0.3) is 0 Å². The lowest BCUT2D eigenvalue weighted by molar-refractivity contribution is 0.667. The van der Waals surface area contributed by atoms with Crippen LogP contribution in [0.2, 0.25) is 0 Å². The van der Waals surface area contributed by atoms with Crippen LogP contribution in [0.15, 0.2) is 173 Å². The van der Waals surface area contributed by atoms with Crippen molar-refractivity contribution in [3.63, 3.8) is 0 Å². The number of benzene rings is 7. The molecule has 11 aromatic rings. The van der Waals surface area contributed by atoms with Crippen molar-refractivity contribution < 1.29 is 8.83 Å². The maximum absolute atomic E-state index is 7.08. The summed E-state index contributed by atoms with van der Waals surface area (Å²) in [5, 5.41) is 7.66. The number of aromatic nitrogens is 3. The van der Waals surface area contributed by atoms with Gasteiger partial charge in [0.1, 0.15) is 22.3 Å². The predicted octanol–water partition coefficient (Wildman–Crippen LogP) is 13.5. The highest BCUT2D eigenvalue weighted by Gasteiger charge is 2.23. The Morgan fingerprint density at radius 2 is 1.18 bits per heavy atom. The minimum Gasteiger partial charge on any atom is -0.455 e. The van der Waals surface area contributed by atoms with Crippen LogP contribution in [0.4, 0.5) is 0 Å². The Kier molecular flexibility index (Phi) is 6.39. The number of allylic oxidation sites excluding steroid dienone is 4. The first kappa shape index (κ1) is 30.2. The number of rotatable bonds is 4. The van der Waals surface area contributed by atoms with Crippen molar-refractivity contribution in [2.24, 2.45) is 0 Å². The molecule has 4 aromatic heterocycles. The smallest absolute Gasteiger partial charge is 0.235 e. The molecule has 0 bridgehead atoms. The molecule has 0 atom stereocenters. The Hall–Kier alpha value is -7.24. The van der Waals surface area contributed by atoms with E-state index in [1.807, 2.05) is 30.3 Å². The van der Waals surface area contributed by atoms with E-state index < -0.39 is 0 Å². The molecule has 0 saturated heterocycles. The molecule has 0 N–H and O–H groups in total. The number of para-hydroxylation sites is 5. The van der Waals surface area contributed by atoms with E-state index in [1.54, 1.807) is 0 Å². The zero-order valence-corrected chi connectivity index (χ0v) is 29.7. The van der Waals surface area contributed by atoms with Gasteiger partial charge < -0.3 is 8.83 Å². The molecule has 4 heterocycles. The van der Waals surface area contributed by atoms with Gasteiger partial charge in [-0.3, -0.25) is 4.57 Å². The topological polar surface area (TPSA) is 57.0 Å². The molecular formula is C50H31N3O2. The number of fused-ring (bicyclic) bond motifs is 11. The summed E-state index contributed by atoms with van der Waals surface area (Å²) in [7, 11) is 0. The fraction of sp³-hybridized carbons (Fsp3) is 0.0400. The predicted molar refractivity (Wildman–Crippen MR) is 225 cm³/mol. The number of hydrogen-bond donors (Lipinski definition) is 0. The standard InChI is InChI=1S/C50H31N3O2/c1-2-13-30(14-3-1)46-39-18-4-7-24-41(39)51-50(52-46)53-42-25-8-5-19-40(42)45-43(53)28-27-38-37-23-12-21-34(48(37)55-49(38)45)32-16-10-15-31(29-32)33-20-11-22-36-35-17-6-9-26-44(35)54-47(33)36/h1-9,11-14,16-29H,10,15H2. The van der Waals surface area contributed by atoms with E-state index in [-0.39, 0.29) is 0 Å². The summed E-state index contributed by atoms with van der Waals surface area (Å²) in [4.78, 5) is 10.4. The molecule has 0 unspecified atom stereocenters. The van der Waals surface area contributed by atoms with E-state index in [0.29, 0.717) is 5.95 Å². The molecule has 12 rings (SSSR count). The SMILES string of the molecule is C1=C(c2cccc3c2oc2ccccc23)CCC=C1c1cccc2c1oc1c2ccc2c1c1ccccc1n2-c1nc(-c2ccccc2)c2ccccc2n1. The molecule has 0 amide bonds. The van der Waals surface area contributed by atoms with Crippen LogP contribution in [0.5, 0.6) is 0 Å². The monoisotopic (exact) mass is 705 g/mol. The Balaban J connectivity index is 1.06. The van der Waals surface area contributed by atoms with Gasteiger partial charge in [0.15, 0.2) is 0 Å². The molecule has 0 spiro atoms. The lowest BCUT2D eigenvalue weighted by Crippen LogP contribution is -2.03. The first-order valence-electron chi connectivity index (χ1n) is 18.8. The van der Waals surface area contributed by atoms with Gasteiger partial charge in [0.2, 0.25) is 5.95 Å².